The number of rotatable bonds is 6. The number of carbonyl (C=O) groups excluding carboxylic acids is 1. The average molecular weight is 415 g/mol. The molecule has 0 atom stereocenters. The van der Waals surface area contributed by atoms with Gasteiger partial charge in [-0.25, -0.2) is 4.39 Å². The van der Waals surface area contributed by atoms with Crippen molar-refractivity contribution in [3.8, 4) is 0 Å². The minimum absolute atomic E-state index is 0.149. The molecule has 0 aromatic heterocycles. The minimum Gasteiger partial charge on any atom is -0.352 e. The zero-order valence-corrected chi connectivity index (χ0v) is 14.3. The Balaban J connectivity index is 1.72. The molecule has 2 rings (SSSR count). The fourth-order valence-corrected chi connectivity index (χ4v) is 3.35. The molecular weight excluding hydrogens is 400 g/mol. The maximum Gasteiger partial charge on any atom is 0.252 e. The Hall–Kier alpha value is -1.08. The highest BCUT2D eigenvalue weighted by Gasteiger charge is 2.09. The molecule has 0 bridgehead atoms. The predicted molar refractivity (Wildman–Crippen MR) is 93.2 cm³/mol. The van der Waals surface area contributed by atoms with Crippen molar-refractivity contribution in [3.05, 3.63) is 63.5 Å². The van der Waals surface area contributed by atoms with Crippen LogP contribution in [0.4, 0.5) is 4.39 Å². The van der Waals surface area contributed by atoms with Gasteiger partial charge in [-0.1, -0.05) is 18.2 Å². The molecule has 110 valence electrons. The number of nitrogens with one attached hydrogen (secondary N) is 1. The Morgan fingerprint density at radius 3 is 2.67 bits per heavy atom. The molecule has 0 spiro atoms. The van der Waals surface area contributed by atoms with Crippen LogP contribution in [0.2, 0.25) is 0 Å². The average Bonchev–Trinajstić information content (AvgIpc) is 2.47. The predicted octanol–water partition coefficient (Wildman–Crippen LogP) is 4.34. The summed E-state index contributed by atoms with van der Waals surface area (Å²) in [7, 11) is 0. The summed E-state index contributed by atoms with van der Waals surface area (Å²) in [6.45, 7) is 0.617. The molecule has 0 aliphatic carbocycles. The second kappa shape index (κ2) is 8.38. The van der Waals surface area contributed by atoms with E-state index < -0.39 is 0 Å². The van der Waals surface area contributed by atoms with Gasteiger partial charge in [0.25, 0.3) is 5.91 Å². The van der Waals surface area contributed by atoms with Gasteiger partial charge in [0, 0.05) is 15.0 Å². The summed E-state index contributed by atoms with van der Waals surface area (Å²) in [5, 5.41) is 2.87. The van der Waals surface area contributed by atoms with E-state index in [9.17, 15) is 9.18 Å². The molecule has 0 aliphatic rings. The monoisotopic (exact) mass is 415 g/mol. The summed E-state index contributed by atoms with van der Waals surface area (Å²) in [6, 6.07) is 14.4. The van der Waals surface area contributed by atoms with Gasteiger partial charge in [0.2, 0.25) is 0 Å². The highest BCUT2D eigenvalue weighted by molar-refractivity contribution is 14.1. The van der Waals surface area contributed by atoms with Crippen LogP contribution in [0.5, 0.6) is 0 Å². The van der Waals surface area contributed by atoms with Crippen LogP contribution in [-0.2, 0) is 0 Å². The first-order valence-electron chi connectivity index (χ1n) is 6.58. The van der Waals surface area contributed by atoms with Gasteiger partial charge in [0.15, 0.2) is 0 Å². The van der Waals surface area contributed by atoms with E-state index in [4.69, 9.17) is 0 Å². The quantitative estimate of drug-likeness (QED) is 0.432. The molecule has 0 saturated heterocycles. The van der Waals surface area contributed by atoms with Crippen molar-refractivity contribution in [2.24, 2.45) is 0 Å². The fraction of sp³-hybridized carbons (Fsp3) is 0.188. The van der Waals surface area contributed by atoms with E-state index in [0.717, 1.165) is 12.2 Å². The van der Waals surface area contributed by atoms with E-state index in [2.05, 4.69) is 17.4 Å². The molecule has 1 N–H and O–H groups in total. The van der Waals surface area contributed by atoms with Gasteiger partial charge in [-0.3, -0.25) is 4.79 Å². The number of halogens is 2. The molecule has 0 heterocycles. The number of carbonyl (C=O) groups is 1. The van der Waals surface area contributed by atoms with Crippen LogP contribution in [-0.4, -0.2) is 18.2 Å². The van der Waals surface area contributed by atoms with Gasteiger partial charge in [-0.2, -0.15) is 0 Å². The maximum atomic E-state index is 13.0. The van der Waals surface area contributed by atoms with Crippen LogP contribution in [0.25, 0.3) is 0 Å². The summed E-state index contributed by atoms with van der Waals surface area (Å²) < 4.78 is 13.6. The molecule has 1 amide bonds. The van der Waals surface area contributed by atoms with Gasteiger partial charge >= 0.3 is 0 Å². The van der Waals surface area contributed by atoms with Crippen molar-refractivity contribution in [1.29, 1.82) is 0 Å². The Labute approximate surface area is 141 Å². The highest BCUT2D eigenvalue weighted by Crippen LogP contribution is 2.17. The zero-order valence-electron chi connectivity index (χ0n) is 11.3. The van der Waals surface area contributed by atoms with Crippen molar-refractivity contribution >= 4 is 40.3 Å². The number of hydrogen-bond donors (Lipinski definition) is 1. The van der Waals surface area contributed by atoms with Gasteiger partial charge < -0.3 is 5.32 Å². The molecule has 2 nitrogen and oxygen atoms in total. The van der Waals surface area contributed by atoms with Gasteiger partial charge in [0.1, 0.15) is 5.82 Å². The van der Waals surface area contributed by atoms with Crippen molar-refractivity contribution < 1.29 is 9.18 Å². The van der Waals surface area contributed by atoms with Crippen LogP contribution in [0.3, 0.4) is 0 Å². The molecule has 0 radical (unpaired) electrons. The van der Waals surface area contributed by atoms with Crippen molar-refractivity contribution in [2.75, 3.05) is 12.3 Å². The smallest absolute Gasteiger partial charge is 0.252 e. The first-order chi connectivity index (χ1) is 10.2. The topological polar surface area (TPSA) is 29.1 Å². The Morgan fingerprint density at radius 2 is 1.95 bits per heavy atom. The second-order valence-corrected chi connectivity index (χ2v) is 6.73. The van der Waals surface area contributed by atoms with E-state index in [1.165, 1.54) is 23.1 Å². The zero-order chi connectivity index (χ0) is 15.1. The third kappa shape index (κ3) is 5.32. The van der Waals surface area contributed by atoms with Crippen LogP contribution in [0.1, 0.15) is 16.8 Å². The maximum absolute atomic E-state index is 13.0. The Bertz CT molecular complexity index is 606. The lowest BCUT2D eigenvalue weighted by atomic mass is 10.2. The number of hydrogen-bond acceptors (Lipinski definition) is 2. The fourth-order valence-electron chi connectivity index (χ4n) is 1.75. The van der Waals surface area contributed by atoms with Crippen molar-refractivity contribution in [3.63, 3.8) is 0 Å². The minimum atomic E-state index is -0.324. The summed E-state index contributed by atoms with van der Waals surface area (Å²) in [4.78, 5) is 13.2. The molecule has 0 unspecified atom stereocenters. The molecule has 0 aliphatic heterocycles. The third-order valence-electron chi connectivity index (χ3n) is 2.79. The lowest BCUT2D eigenvalue weighted by Gasteiger charge is -2.07. The largest absolute Gasteiger partial charge is 0.352 e. The Kier molecular flexibility index (Phi) is 6.50. The van der Waals surface area contributed by atoms with E-state index in [1.807, 2.05) is 40.8 Å². The van der Waals surface area contributed by atoms with Gasteiger partial charge in [-0.05, 0) is 65.1 Å². The molecule has 0 fully saturated rings. The van der Waals surface area contributed by atoms with Crippen LogP contribution >= 0.6 is 34.4 Å². The van der Waals surface area contributed by atoms with Gasteiger partial charge in [0.05, 0.1) is 5.56 Å². The van der Waals surface area contributed by atoms with E-state index >= 15 is 0 Å². The van der Waals surface area contributed by atoms with Crippen LogP contribution in [0.15, 0.2) is 53.4 Å². The molecule has 2 aromatic rings. The first-order valence-corrected chi connectivity index (χ1v) is 8.64. The molecule has 0 saturated carbocycles. The third-order valence-corrected chi connectivity index (χ3v) is 4.79. The number of thioether (sulfide) groups is 1. The SMILES string of the molecule is O=C(NCCCSc1ccccc1)c1ccc(F)cc1I. The second-order valence-electron chi connectivity index (χ2n) is 4.40. The molecular formula is C16H15FINOS. The molecule has 5 heteroatoms. The standard InChI is InChI=1S/C16H15FINOS/c17-12-7-8-14(15(18)11-12)16(20)19-9-4-10-21-13-5-2-1-3-6-13/h1-3,5-8,11H,4,9-10H2,(H,19,20). The number of amides is 1. The van der Waals surface area contributed by atoms with Crippen molar-refractivity contribution in [1.82, 2.24) is 5.32 Å². The molecule has 21 heavy (non-hydrogen) atoms. The van der Waals surface area contributed by atoms with Gasteiger partial charge in [-0.15, -0.1) is 11.8 Å². The molecule has 2 aromatic carbocycles. The van der Waals surface area contributed by atoms with Crippen molar-refractivity contribution in [2.45, 2.75) is 11.3 Å². The summed E-state index contributed by atoms with van der Waals surface area (Å²) >= 11 is 3.74. The Morgan fingerprint density at radius 1 is 1.19 bits per heavy atom. The van der Waals surface area contributed by atoms with Crippen LogP contribution in [0, 0.1) is 9.39 Å². The first kappa shape index (κ1) is 16.3. The summed E-state index contributed by atoms with van der Waals surface area (Å²) in [5.41, 5.74) is 0.521. The lowest BCUT2D eigenvalue weighted by Crippen LogP contribution is -2.25. The highest BCUT2D eigenvalue weighted by atomic mass is 127. The van der Waals surface area contributed by atoms with E-state index in [-0.39, 0.29) is 11.7 Å². The normalized spacial score (nSPS) is 10.4. The number of benzene rings is 2. The van der Waals surface area contributed by atoms with Crippen LogP contribution < -0.4 is 5.32 Å². The summed E-state index contributed by atoms with van der Waals surface area (Å²) in [6.07, 6.45) is 0.892. The van der Waals surface area contributed by atoms with E-state index in [0.29, 0.717) is 15.7 Å². The summed E-state index contributed by atoms with van der Waals surface area (Å²) in [5.74, 6) is 0.476. The van der Waals surface area contributed by atoms with E-state index in [1.54, 1.807) is 11.8 Å². The lowest BCUT2D eigenvalue weighted by molar-refractivity contribution is 0.0953.